The van der Waals surface area contributed by atoms with Gasteiger partial charge in [0.05, 0.1) is 0 Å². The minimum absolute atomic E-state index is 0.227. The molecule has 1 aliphatic rings. The number of carbonyl (C=O) groups is 2. The second kappa shape index (κ2) is 5.88. The van der Waals surface area contributed by atoms with E-state index in [0.717, 1.165) is 22.3 Å². The van der Waals surface area contributed by atoms with E-state index in [-0.39, 0.29) is 5.91 Å². The quantitative estimate of drug-likeness (QED) is 0.928. The van der Waals surface area contributed by atoms with Crippen LogP contribution in [0.2, 0.25) is 0 Å². The summed E-state index contributed by atoms with van der Waals surface area (Å²) in [5, 5.41) is 9.53. The molecule has 0 fully saturated rings. The zero-order valence-corrected chi connectivity index (χ0v) is 13.2. The monoisotopic (exact) mass is 309 g/mol. The van der Waals surface area contributed by atoms with Crippen LogP contribution < -0.4 is 0 Å². The van der Waals surface area contributed by atoms with Crippen LogP contribution in [-0.4, -0.2) is 27.9 Å². The molecule has 0 bridgehead atoms. The molecule has 0 saturated carbocycles. The highest BCUT2D eigenvalue weighted by Crippen LogP contribution is 2.25. The van der Waals surface area contributed by atoms with Gasteiger partial charge in [0.15, 0.2) is 0 Å². The Bertz CT molecular complexity index is 782. The Labute approximate surface area is 135 Å². The number of carboxylic acid groups (broad SMARTS) is 1. The van der Waals surface area contributed by atoms with Gasteiger partial charge in [-0.15, -0.1) is 0 Å². The van der Waals surface area contributed by atoms with Crippen LogP contribution in [0.4, 0.5) is 0 Å². The third-order valence-corrected chi connectivity index (χ3v) is 4.55. The lowest BCUT2D eigenvalue weighted by Crippen LogP contribution is -2.48. The molecule has 2 aromatic carbocycles. The molecule has 23 heavy (non-hydrogen) atoms. The third kappa shape index (κ3) is 2.84. The van der Waals surface area contributed by atoms with E-state index < -0.39 is 12.0 Å². The summed E-state index contributed by atoms with van der Waals surface area (Å²) in [6.45, 7) is 4.27. The summed E-state index contributed by atoms with van der Waals surface area (Å²) >= 11 is 0. The topological polar surface area (TPSA) is 57.6 Å². The minimum Gasteiger partial charge on any atom is -0.480 e. The Kier molecular flexibility index (Phi) is 3.90. The van der Waals surface area contributed by atoms with Crippen molar-refractivity contribution in [1.82, 2.24) is 4.90 Å². The average Bonchev–Trinajstić information content (AvgIpc) is 2.55. The molecule has 2 aromatic rings. The highest BCUT2D eigenvalue weighted by molar-refractivity contribution is 5.97. The number of benzene rings is 2. The summed E-state index contributed by atoms with van der Waals surface area (Å²) in [6, 6.07) is 12.4. The Morgan fingerprint density at radius 2 is 1.74 bits per heavy atom. The summed E-state index contributed by atoms with van der Waals surface area (Å²) in [4.78, 5) is 26.0. The number of nitrogens with zero attached hydrogens (tertiary/aromatic N) is 1. The predicted octanol–water partition coefficient (Wildman–Crippen LogP) is 2.96. The van der Waals surface area contributed by atoms with Crippen LogP contribution in [0.3, 0.4) is 0 Å². The number of hydrogen-bond donors (Lipinski definition) is 1. The van der Waals surface area contributed by atoms with Crippen molar-refractivity contribution < 1.29 is 14.7 Å². The smallest absolute Gasteiger partial charge is 0.326 e. The van der Waals surface area contributed by atoms with E-state index in [1.54, 1.807) is 6.07 Å². The minimum atomic E-state index is -0.961. The summed E-state index contributed by atoms with van der Waals surface area (Å²) < 4.78 is 0. The molecule has 4 heteroatoms. The lowest BCUT2D eigenvalue weighted by atomic mass is 9.93. The first kappa shape index (κ1) is 15.3. The number of fused-ring (bicyclic) bond motifs is 1. The fourth-order valence-electron chi connectivity index (χ4n) is 3.00. The Hall–Kier alpha value is -2.62. The fraction of sp³-hybridized carbons (Fsp3) is 0.263. The van der Waals surface area contributed by atoms with Crippen molar-refractivity contribution in [3.63, 3.8) is 0 Å². The standard InChI is InChI=1S/C19H19NO3/c1-12-7-8-15(9-13(12)2)18(21)20-11-16-6-4-3-5-14(16)10-17(20)19(22)23/h3-9,17H,10-11H2,1-2H3,(H,22,23). The van der Waals surface area contributed by atoms with Gasteiger partial charge in [0.25, 0.3) is 5.91 Å². The number of carboxylic acids is 1. The number of carbonyl (C=O) groups excluding carboxylic acids is 1. The normalized spacial score (nSPS) is 16.8. The first-order chi connectivity index (χ1) is 11.0. The largest absolute Gasteiger partial charge is 0.480 e. The summed E-state index contributed by atoms with van der Waals surface area (Å²) in [7, 11) is 0. The Morgan fingerprint density at radius 3 is 2.39 bits per heavy atom. The number of amides is 1. The lowest BCUT2D eigenvalue weighted by molar-refractivity contribution is -0.142. The summed E-state index contributed by atoms with van der Waals surface area (Å²) in [6.07, 6.45) is 0.349. The molecule has 4 nitrogen and oxygen atoms in total. The summed E-state index contributed by atoms with van der Waals surface area (Å²) in [5.41, 5.74) is 4.70. The van der Waals surface area contributed by atoms with Crippen molar-refractivity contribution in [2.45, 2.75) is 32.9 Å². The van der Waals surface area contributed by atoms with Crippen molar-refractivity contribution in [2.24, 2.45) is 0 Å². The highest BCUT2D eigenvalue weighted by atomic mass is 16.4. The first-order valence-electron chi connectivity index (χ1n) is 7.65. The first-order valence-corrected chi connectivity index (χ1v) is 7.65. The van der Waals surface area contributed by atoms with Gasteiger partial charge < -0.3 is 10.0 Å². The predicted molar refractivity (Wildman–Crippen MR) is 87.4 cm³/mol. The van der Waals surface area contributed by atoms with Gasteiger partial charge >= 0.3 is 5.97 Å². The maximum atomic E-state index is 12.9. The summed E-state index contributed by atoms with van der Waals surface area (Å²) in [5.74, 6) is -1.19. The van der Waals surface area contributed by atoms with E-state index in [4.69, 9.17) is 0 Å². The second-order valence-electron chi connectivity index (χ2n) is 6.06. The van der Waals surface area contributed by atoms with E-state index in [2.05, 4.69) is 0 Å². The van der Waals surface area contributed by atoms with Crippen LogP contribution >= 0.6 is 0 Å². The zero-order chi connectivity index (χ0) is 16.6. The van der Waals surface area contributed by atoms with Gasteiger partial charge in [0.2, 0.25) is 0 Å². The molecule has 0 aliphatic carbocycles. The molecular formula is C19H19NO3. The van der Waals surface area contributed by atoms with Gasteiger partial charge in [-0.05, 0) is 48.2 Å². The van der Waals surface area contributed by atoms with Crippen molar-refractivity contribution >= 4 is 11.9 Å². The SMILES string of the molecule is Cc1ccc(C(=O)N2Cc3ccccc3CC2C(=O)O)cc1C. The molecule has 0 spiro atoms. The van der Waals surface area contributed by atoms with Crippen LogP contribution in [0.15, 0.2) is 42.5 Å². The van der Waals surface area contributed by atoms with Crippen LogP contribution in [0.5, 0.6) is 0 Å². The maximum absolute atomic E-state index is 12.9. The maximum Gasteiger partial charge on any atom is 0.326 e. The second-order valence-corrected chi connectivity index (χ2v) is 6.06. The number of aliphatic carboxylic acids is 1. The number of rotatable bonds is 2. The zero-order valence-electron chi connectivity index (χ0n) is 13.2. The van der Waals surface area contributed by atoms with Crippen LogP contribution in [0, 0.1) is 13.8 Å². The molecule has 0 radical (unpaired) electrons. The van der Waals surface area contributed by atoms with Crippen LogP contribution in [0.1, 0.15) is 32.6 Å². The van der Waals surface area contributed by atoms with Crippen molar-refractivity contribution in [3.05, 3.63) is 70.3 Å². The van der Waals surface area contributed by atoms with Gasteiger partial charge in [0.1, 0.15) is 6.04 Å². The Balaban J connectivity index is 1.97. The van der Waals surface area contributed by atoms with E-state index in [9.17, 15) is 14.7 Å². The lowest BCUT2D eigenvalue weighted by Gasteiger charge is -2.34. The average molecular weight is 309 g/mol. The van der Waals surface area contributed by atoms with Gasteiger partial charge in [-0.3, -0.25) is 4.79 Å². The van der Waals surface area contributed by atoms with Gasteiger partial charge in [-0.25, -0.2) is 4.79 Å². The van der Waals surface area contributed by atoms with Crippen molar-refractivity contribution in [1.29, 1.82) is 0 Å². The molecular weight excluding hydrogens is 290 g/mol. The number of aryl methyl sites for hydroxylation is 2. The van der Waals surface area contributed by atoms with Crippen LogP contribution in [0.25, 0.3) is 0 Å². The molecule has 0 saturated heterocycles. The highest BCUT2D eigenvalue weighted by Gasteiger charge is 2.34. The van der Waals surface area contributed by atoms with Gasteiger partial charge in [-0.2, -0.15) is 0 Å². The molecule has 3 rings (SSSR count). The molecule has 118 valence electrons. The van der Waals surface area contributed by atoms with Crippen LogP contribution in [-0.2, 0) is 17.8 Å². The van der Waals surface area contributed by atoms with E-state index in [1.807, 2.05) is 50.2 Å². The molecule has 1 aliphatic heterocycles. The molecule has 1 unspecified atom stereocenters. The molecule has 0 aromatic heterocycles. The molecule has 1 atom stereocenters. The number of hydrogen-bond acceptors (Lipinski definition) is 2. The van der Waals surface area contributed by atoms with Gasteiger partial charge in [0, 0.05) is 18.5 Å². The Morgan fingerprint density at radius 1 is 1.04 bits per heavy atom. The third-order valence-electron chi connectivity index (χ3n) is 4.55. The van der Waals surface area contributed by atoms with Gasteiger partial charge in [-0.1, -0.05) is 30.3 Å². The molecule has 1 amide bonds. The van der Waals surface area contributed by atoms with E-state index in [1.165, 1.54) is 4.90 Å². The van der Waals surface area contributed by atoms with Crippen molar-refractivity contribution in [2.75, 3.05) is 0 Å². The fourth-order valence-corrected chi connectivity index (χ4v) is 3.00. The van der Waals surface area contributed by atoms with Crippen molar-refractivity contribution in [3.8, 4) is 0 Å². The van der Waals surface area contributed by atoms with E-state index >= 15 is 0 Å². The van der Waals surface area contributed by atoms with E-state index in [0.29, 0.717) is 18.5 Å². The molecule has 1 N–H and O–H groups in total. The molecule has 1 heterocycles.